The van der Waals surface area contributed by atoms with Gasteiger partial charge in [-0.1, -0.05) is 0 Å². The molecule has 2 N–H and O–H groups in total. The van der Waals surface area contributed by atoms with Gasteiger partial charge in [0.2, 0.25) is 0 Å². The molecule has 1 aliphatic rings. The number of rotatable bonds is 7. The first-order valence-corrected chi connectivity index (χ1v) is 9.39. The lowest BCUT2D eigenvalue weighted by Crippen LogP contribution is -2.36. The van der Waals surface area contributed by atoms with Crippen molar-refractivity contribution in [1.29, 1.82) is 0 Å². The monoisotopic (exact) mass is 367 g/mol. The lowest BCUT2D eigenvalue weighted by atomic mass is 10.0. The third-order valence-electron chi connectivity index (χ3n) is 3.91. The van der Waals surface area contributed by atoms with Crippen LogP contribution in [0.3, 0.4) is 0 Å². The zero-order valence-electron chi connectivity index (χ0n) is 12.9. The van der Waals surface area contributed by atoms with Crippen molar-refractivity contribution < 1.29 is 31.4 Å². The number of nitrogens with one attached hydrogen (secondary N) is 1. The number of hydrogen-bond acceptors (Lipinski definition) is 5. The first-order chi connectivity index (χ1) is 11.2. The normalized spacial score (nSPS) is 20.1. The molecule has 136 valence electrons. The molecule has 1 aromatic rings. The minimum atomic E-state index is -4.43. The molecule has 0 amide bonds. The quantitative estimate of drug-likeness (QED) is 0.763. The Balaban J connectivity index is 2.13. The standard InChI is InChI=1S/C15H20F3NO4S/c16-15(17,18)12-1-3-13(4-2-12)23-14(11-5-6-19-9-11)10-24(21,22)8-7-20/h1-4,11,14,19-20H,5-10H2/t11?,14-/m1/s1. The molecular formula is C15H20F3NO4S. The first kappa shape index (κ1) is 19.0. The predicted molar refractivity (Wildman–Crippen MR) is 82.6 cm³/mol. The van der Waals surface area contributed by atoms with Crippen molar-refractivity contribution in [2.75, 3.05) is 31.2 Å². The minimum Gasteiger partial charge on any atom is -0.489 e. The fourth-order valence-corrected chi connectivity index (χ4v) is 3.92. The van der Waals surface area contributed by atoms with Gasteiger partial charge in [-0.2, -0.15) is 13.2 Å². The summed E-state index contributed by atoms with van der Waals surface area (Å²) < 4.78 is 67.4. The second-order valence-corrected chi connectivity index (χ2v) is 8.00. The van der Waals surface area contributed by atoms with E-state index < -0.39 is 34.3 Å². The number of hydrogen-bond donors (Lipinski definition) is 2. The van der Waals surface area contributed by atoms with Crippen LogP contribution in [0.1, 0.15) is 12.0 Å². The van der Waals surface area contributed by atoms with E-state index in [9.17, 15) is 21.6 Å². The summed E-state index contributed by atoms with van der Waals surface area (Å²) in [6, 6.07) is 4.19. The Hall–Kier alpha value is -1.32. The summed E-state index contributed by atoms with van der Waals surface area (Å²) in [4.78, 5) is 0. The Morgan fingerprint density at radius 2 is 1.96 bits per heavy atom. The number of ether oxygens (including phenoxy) is 1. The molecule has 5 nitrogen and oxygen atoms in total. The molecule has 1 unspecified atom stereocenters. The Bertz CT molecular complexity index is 625. The molecule has 9 heteroatoms. The number of alkyl halides is 3. The number of sulfone groups is 1. The van der Waals surface area contributed by atoms with Crippen LogP contribution in [0.4, 0.5) is 13.2 Å². The van der Waals surface area contributed by atoms with E-state index in [2.05, 4.69) is 5.32 Å². The average Bonchev–Trinajstić information content (AvgIpc) is 3.00. The summed E-state index contributed by atoms with van der Waals surface area (Å²) in [7, 11) is -3.50. The molecule has 1 aromatic carbocycles. The second kappa shape index (κ2) is 7.71. The van der Waals surface area contributed by atoms with Gasteiger partial charge < -0.3 is 15.2 Å². The molecule has 2 atom stereocenters. The summed E-state index contributed by atoms with van der Waals surface area (Å²) in [5, 5.41) is 12.0. The highest BCUT2D eigenvalue weighted by Gasteiger charge is 2.32. The van der Waals surface area contributed by atoms with Crippen LogP contribution >= 0.6 is 0 Å². The van der Waals surface area contributed by atoms with Crippen LogP contribution in [0, 0.1) is 5.92 Å². The van der Waals surface area contributed by atoms with Crippen molar-refractivity contribution in [3.63, 3.8) is 0 Å². The zero-order chi connectivity index (χ0) is 17.8. The van der Waals surface area contributed by atoms with E-state index in [1.54, 1.807) is 0 Å². The number of aliphatic hydroxyl groups is 1. The van der Waals surface area contributed by atoms with Crippen LogP contribution in [0.25, 0.3) is 0 Å². The molecule has 2 rings (SSSR count). The molecule has 0 aliphatic carbocycles. The van der Waals surface area contributed by atoms with Crippen molar-refractivity contribution in [2.24, 2.45) is 5.92 Å². The summed E-state index contributed by atoms with van der Waals surface area (Å²) in [5.41, 5.74) is -0.790. The highest BCUT2D eigenvalue weighted by atomic mass is 32.2. The van der Waals surface area contributed by atoms with E-state index in [-0.39, 0.29) is 23.2 Å². The van der Waals surface area contributed by atoms with E-state index in [0.29, 0.717) is 6.54 Å². The molecule has 0 bridgehead atoms. The Morgan fingerprint density at radius 1 is 1.29 bits per heavy atom. The van der Waals surface area contributed by atoms with Gasteiger partial charge in [-0.05, 0) is 37.2 Å². The largest absolute Gasteiger partial charge is 0.489 e. The highest BCUT2D eigenvalue weighted by Crippen LogP contribution is 2.31. The van der Waals surface area contributed by atoms with Gasteiger partial charge in [-0.25, -0.2) is 8.42 Å². The number of halogens is 3. The van der Waals surface area contributed by atoms with E-state index in [1.165, 1.54) is 12.1 Å². The van der Waals surface area contributed by atoms with Gasteiger partial charge in [0.25, 0.3) is 0 Å². The van der Waals surface area contributed by atoms with E-state index >= 15 is 0 Å². The molecule has 1 heterocycles. The summed E-state index contributed by atoms with van der Waals surface area (Å²) in [6.45, 7) is 0.843. The lowest BCUT2D eigenvalue weighted by Gasteiger charge is -2.24. The Kier molecular flexibility index (Phi) is 6.11. The van der Waals surface area contributed by atoms with Gasteiger partial charge in [0.15, 0.2) is 9.84 Å². The maximum atomic E-state index is 12.6. The molecular weight excluding hydrogens is 347 g/mol. The molecule has 1 fully saturated rings. The SMILES string of the molecule is O=S(=O)(CCO)C[C@@H](Oc1ccc(C(F)(F)F)cc1)C1CCNC1. The average molecular weight is 367 g/mol. The van der Waals surface area contributed by atoms with E-state index in [4.69, 9.17) is 9.84 Å². The van der Waals surface area contributed by atoms with Crippen molar-refractivity contribution in [1.82, 2.24) is 5.32 Å². The van der Waals surface area contributed by atoms with Crippen LogP contribution in [0.2, 0.25) is 0 Å². The summed E-state index contributed by atoms with van der Waals surface area (Å²) in [6.07, 6.45) is -4.38. The van der Waals surface area contributed by atoms with Gasteiger partial charge in [0.1, 0.15) is 11.9 Å². The summed E-state index contributed by atoms with van der Waals surface area (Å²) in [5.74, 6) is -0.499. The van der Waals surface area contributed by atoms with Crippen molar-refractivity contribution >= 4 is 9.84 Å². The first-order valence-electron chi connectivity index (χ1n) is 7.57. The number of aliphatic hydroxyl groups excluding tert-OH is 1. The van der Waals surface area contributed by atoms with Crippen molar-refractivity contribution in [3.05, 3.63) is 29.8 Å². The van der Waals surface area contributed by atoms with Crippen LogP contribution in [-0.4, -0.2) is 50.8 Å². The Morgan fingerprint density at radius 3 is 2.46 bits per heavy atom. The maximum absolute atomic E-state index is 12.6. The van der Waals surface area contributed by atoms with Gasteiger partial charge in [0.05, 0.1) is 23.7 Å². The number of benzene rings is 1. The van der Waals surface area contributed by atoms with Gasteiger partial charge in [-0.3, -0.25) is 0 Å². The van der Waals surface area contributed by atoms with Crippen LogP contribution in [0.5, 0.6) is 5.75 Å². The van der Waals surface area contributed by atoms with Crippen molar-refractivity contribution in [3.8, 4) is 5.75 Å². The molecule has 1 aliphatic heterocycles. The molecule has 24 heavy (non-hydrogen) atoms. The zero-order valence-corrected chi connectivity index (χ0v) is 13.7. The topological polar surface area (TPSA) is 75.6 Å². The molecule has 1 saturated heterocycles. The second-order valence-electron chi connectivity index (χ2n) is 5.77. The summed E-state index contributed by atoms with van der Waals surface area (Å²) >= 11 is 0. The van der Waals surface area contributed by atoms with Gasteiger partial charge in [-0.15, -0.1) is 0 Å². The maximum Gasteiger partial charge on any atom is 0.416 e. The third kappa shape index (κ3) is 5.35. The van der Waals surface area contributed by atoms with E-state index in [1.807, 2.05) is 0 Å². The van der Waals surface area contributed by atoms with Crippen LogP contribution < -0.4 is 10.1 Å². The van der Waals surface area contributed by atoms with Crippen molar-refractivity contribution in [2.45, 2.75) is 18.7 Å². The fourth-order valence-electron chi connectivity index (χ4n) is 2.63. The Labute approximate surface area is 138 Å². The van der Waals surface area contributed by atoms with Gasteiger partial charge in [0, 0.05) is 12.5 Å². The third-order valence-corrected chi connectivity index (χ3v) is 5.55. The predicted octanol–water partition coefficient (Wildman–Crippen LogP) is 1.47. The van der Waals surface area contributed by atoms with Crippen LogP contribution in [-0.2, 0) is 16.0 Å². The lowest BCUT2D eigenvalue weighted by molar-refractivity contribution is -0.137. The smallest absolute Gasteiger partial charge is 0.416 e. The fraction of sp³-hybridized carbons (Fsp3) is 0.600. The highest BCUT2D eigenvalue weighted by molar-refractivity contribution is 7.91. The minimum absolute atomic E-state index is 0.0549. The molecule has 0 radical (unpaired) electrons. The van der Waals surface area contributed by atoms with Crippen LogP contribution in [0.15, 0.2) is 24.3 Å². The van der Waals surface area contributed by atoms with Gasteiger partial charge >= 0.3 is 6.18 Å². The molecule has 0 aromatic heterocycles. The van der Waals surface area contributed by atoms with E-state index in [0.717, 1.165) is 25.1 Å². The molecule has 0 saturated carbocycles. The molecule has 0 spiro atoms.